The fourth-order valence-corrected chi connectivity index (χ4v) is 2.91. The molecule has 2 aromatic carbocycles. The Morgan fingerprint density at radius 3 is 2.35 bits per heavy atom. The zero-order chi connectivity index (χ0) is 13.9. The summed E-state index contributed by atoms with van der Waals surface area (Å²) in [5.74, 6) is 0. The van der Waals surface area contributed by atoms with Crippen LogP contribution in [-0.2, 0) is 6.54 Å². The highest BCUT2D eigenvalue weighted by Gasteiger charge is 2.30. The molecule has 1 saturated heterocycles. The number of nitrogens with zero attached hydrogens (tertiary/aromatic N) is 2. The van der Waals surface area contributed by atoms with Gasteiger partial charge in [0.25, 0.3) is 0 Å². The third-order valence-electron chi connectivity index (χ3n) is 4.23. The first kappa shape index (κ1) is 13.2. The van der Waals surface area contributed by atoms with E-state index < -0.39 is 0 Å². The number of likely N-dealkylation sites (N-methyl/N-ethyl adjacent to an activating group) is 1. The van der Waals surface area contributed by atoms with Gasteiger partial charge < -0.3 is 4.90 Å². The average molecular weight is 266 g/mol. The lowest BCUT2D eigenvalue weighted by molar-refractivity contribution is 0.139. The van der Waals surface area contributed by atoms with Crippen LogP contribution in [0.4, 0.5) is 5.69 Å². The molecule has 1 aliphatic heterocycles. The van der Waals surface area contributed by atoms with Crippen molar-refractivity contribution in [3.05, 3.63) is 65.7 Å². The molecule has 0 N–H and O–H groups in total. The van der Waals surface area contributed by atoms with E-state index in [9.17, 15) is 0 Å². The van der Waals surface area contributed by atoms with Crippen LogP contribution < -0.4 is 4.90 Å². The van der Waals surface area contributed by atoms with Crippen LogP contribution in [0.5, 0.6) is 0 Å². The predicted octanol–water partition coefficient (Wildman–Crippen LogP) is 3.32. The first-order chi connectivity index (χ1) is 9.74. The molecule has 2 aromatic rings. The highest BCUT2D eigenvalue weighted by molar-refractivity contribution is 5.53. The Bertz CT molecular complexity index is 559. The van der Waals surface area contributed by atoms with Gasteiger partial charge in [0.2, 0.25) is 0 Å². The van der Waals surface area contributed by atoms with Gasteiger partial charge in [-0.2, -0.15) is 0 Å². The maximum absolute atomic E-state index is 2.51. The molecule has 1 aliphatic rings. The Hall–Kier alpha value is -1.80. The Morgan fingerprint density at radius 1 is 1.00 bits per heavy atom. The lowest BCUT2D eigenvalue weighted by Crippen LogP contribution is -2.58. The maximum atomic E-state index is 2.51. The monoisotopic (exact) mass is 266 g/mol. The number of rotatable bonds is 4. The second-order valence-electron chi connectivity index (χ2n) is 5.73. The summed E-state index contributed by atoms with van der Waals surface area (Å²) in [6.45, 7) is 5.56. The van der Waals surface area contributed by atoms with E-state index in [1.807, 2.05) is 0 Å². The molecule has 3 rings (SSSR count). The lowest BCUT2D eigenvalue weighted by Gasteiger charge is -2.45. The largest absolute Gasteiger partial charge is 0.369 e. The van der Waals surface area contributed by atoms with Gasteiger partial charge in [0.05, 0.1) is 6.04 Å². The summed E-state index contributed by atoms with van der Waals surface area (Å²) < 4.78 is 0. The molecule has 1 heterocycles. The molecule has 0 aliphatic carbocycles. The molecule has 0 atom stereocenters. The van der Waals surface area contributed by atoms with Gasteiger partial charge in [0.15, 0.2) is 0 Å². The van der Waals surface area contributed by atoms with Crippen LogP contribution in [0.15, 0.2) is 54.6 Å². The second-order valence-corrected chi connectivity index (χ2v) is 5.73. The zero-order valence-electron chi connectivity index (χ0n) is 12.3. The van der Waals surface area contributed by atoms with Crippen LogP contribution in [0.2, 0.25) is 0 Å². The molecule has 0 unspecified atom stereocenters. The van der Waals surface area contributed by atoms with Crippen LogP contribution in [0.1, 0.15) is 11.1 Å². The molecule has 2 nitrogen and oxygen atoms in total. The number of para-hydroxylation sites is 1. The molecule has 2 heteroatoms. The van der Waals surface area contributed by atoms with Crippen molar-refractivity contribution >= 4 is 5.69 Å². The van der Waals surface area contributed by atoms with Crippen molar-refractivity contribution in [1.82, 2.24) is 4.90 Å². The Morgan fingerprint density at radius 2 is 1.65 bits per heavy atom. The molecule has 0 radical (unpaired) electrons. The van der Waals surface area contributed by atoms with Crippen molar-refractivity contribution in [3.8, 4) is 0 Å². The second kappa shape index (κ2) is 5.68. The Balaban J connectivity index is 1.57. The van der Waals surface area contributed by atoms with E-state index >= 15 is 0 Å². The summed E-state index contributed by atoms with van der Waals surface area (Å²) in [5, 5.41) is 0. The Labute approximate surface area is 121 Å². The van der Waals surface area contributed by atoms with E-state index in [0.29, 0.717) is 6.04 Å². The molecule has 0 amide bonds. The molecular weight excluding hydrogens is 244 g/mol. The quantitative estimate of drug-likeness (QED) is 0.837. The highest BCUT2D eigenvalue weighted by atomic mass is 15.3. The maximum Gasteiger partial charge on any atom is 0.0541 e. The SMILES string of the molecule is Cc1ccccc1N(C)C1CN(Cc2ccccc2)C1. The summed E-state index contributed by atoms with van der Waals surface area (Å²) in [4.78, 5) is 4.94. The van der Waals surface area contributed by atoms with E-state index in [-0.39, 0.29) is 0 Å². The molecule has 1 fully saturated rings. The number of aryl methyl sites for hydroxylation is 1. The van der Waals surface area contributed by atoms with E-state index in [2.05, 4.69) is 78.4 Å². The van der Waals surface area contributed by atoms with Crippen LogP contribution in [0.25, 0.3) is 0 Å². The van der Waals surface area contributed by atoms with Crippen molar-refractivity contribution in [2.24, 2.45) is 0 Å². The van der Waals surface area contributed by atoms with Crippen LogP contribution in [-0.4, -0.2) is 31.1 Å². The minimum absolute atomic E-state index is 0.639. The highest BCUT2D eigenvalue weighted by Crippen LogP contribution is 2.25. The summed E-state index contributed by atoms with van der Waals surface area (Å²) >= 11 is 0. The summed E-state index contributed by atoms with van der Waals surface area (Å²) in [7, 11) is 2.22. The lowest BCUT2D eigenvalue weighted by atomic mass is 10.0. The number of hydrogen-bond acceptors (Lipinski definition) is 2. The first-order valence-electron chi connectivity index (χ1n) is 7.29. The van der Waals surface area contributed by atoms with Gasteiger partial charge in [0, 0.05) is 32.4 Å². The summed E-state index contributed by atoms with van der Waals surface area (Å²) in [6.07, 6.45) is 0. The third-order valence-corrected chi connectivity index (χ3v) is 4.23. The normalized spacial score (nSPS) is 15.9. The number of benzene rings is 2. The van der Waals surface area contributed by atoms with E-state index in [1.54, 1.807) is 0 Å². The van der Waals surface area contributed by atoms with E-state index in [1.165, 1.54) is 16.8 Å². The van der Waals surface area contributed by atoms with Crippen molar-refractivity contribution < 1.29 is 0 Å². The third kappa shape index (κ3) is 2.70. The van der Waals surface area contributed by atoms with Crippen molar-refractivity contribution in [2.45, 2.75) is 19.5 Å². The number of likely N-dealkylation sites (tertiary alicyclic amines) is 1. The standard InChI is InChI=1S/C18H22N2/c1-15-8-6-7-11-18(15)19(2)17-13-20(14-17)12-16-9-4-3-5-10-16/h3-11,17H,12-14H2,1-2H3. The first-order valence-corrected chi connectivity index (χ1v) is 7.29. The van der Waals surface area contributed by atoms with Gasteiger partial charge in [-0.05, 0) is 24.1 Å². The van der Waals surface area contributed by atoms with Crippen molar-refractivity contribution in [3.63, 3.8) is 0 Å². The van der Waals surface area contributed by atoms with Crippen LogP contribution in [0, 0.1) is 6.92 Å². The molecule has 0 spiro atoms. The smallest absolute Gasteiger partial charge is 0.0541 e. The van der Waals surface area contributed by atoms with Gasteiger partial charge in [0.1, 0.15) is 0 Å². The van der Waals surface area contributed by atoms with Crippen LogP contribution in [0.3, 0.4) is 0 Å². The topological polar surface area (TPSA) is 6.48 Å². The van der Waals surface area contributed by atoms with Gasteiger partial charge in [-0.25, -0.2) is 0 Å². The summed E-state index contributed by atoms with van der Waals surface area (Å²) in [6, 6.07) is 20.0. The van der Waals surface area contributed by atoms with Crippen LogP contribution >= 0.6 is 0 Å². The average Bonchev–Trinajstić information content (AvgIpc) is 2.43. The molecular formula is C18H22N2. The van der Waals surface area contributed by atoms with Gasteiger partial charge in [-0.3, -0.25) is 4.90 Å². The zero-order valence-corrected chi connectivity index (χ0v) is 12.3. The van der Waals surface area contributed by atoms with E-state index in [0.717, 1.165) is 19.6 Å². The molecule has 0 saturated carbocycles. The molecule has 104 valence electrons. The molecule has 0 aromatic heterocycles. The van der Waals surface area contributed by atoms with Gasteiger partial charge in [-0.1, -0.05) is 48.5 Å². The minimum Gasteiger partial charge on any atom is -0.369 e. The number of hydrogen-bond donors (Lipinski definition) is 0. The molecule has 20 heavy (non-hydrogen) atoms. The van der Waals surface area contributed by atoms with Gasteiger partial charge in [-0.15, -0.1) is 0 Å². The van der Waals surface area contributed by atoms with Gasteiger partial charge >= 0.3 is 0 Å². The van der Waals surface area contributed by atoms with E-state index in [4.69, 9.17) is 0 Å². The summed E-state index contributed by atoms with van der Waals surface area (Å²) in [5.41, 5.74) is 4.12. The predicted molar refractivity (Wildman–Crippen MR) is 85.1 cm³/mol. The van der Waals surface area contributed by atoms with Crippen molar-refractivity contribution in [1.29, 1.82) is 0 Å². The Kier molecular flexibility index (Phi) is 3.75. The fourth-order valence-electron chi connectivity index (χ4n) is 2.91. The van der Waals surface area contributed by atoms with Crippen molar-refractivity contribution in [2.75, 3.05) is 25.0 Å². The molecule has 0 bridgehead atoms. The fraction of sp³-hybridized carbons (Fsp3) is 0.333. The minimum atomic E-state index is 0.639. The number of anilines is 1.